The molecule has 0 amide bonds. The molecule has 0 aliphatic carbocycles. The first-order valence-corrected chi connectivity index (χ1v) is 5.78. The molecule has 0 saturated carbocycles. The Kier molecular flexibility index (Phi) is 3.50. The fourth-order valence-corrected chi connectivity index (χ4v) is 2.68. The van der Waals surface area contributed by atoms with Crippen molar-refractivity contribution in [1.29, 1.82) is 0 Å². The lowest BCUT2D eigenvalue weighted by Gasteiger charge is -2.15. The van der Waals surface area contributed by atoms with Gasteiger partial charge < -0.3 is 0 Å². The molecule has 0 radical (unpaired) electrons. The minimum atomic E-state index is -0.449. The summed E-state index contributed by atoms with van der Waals surface area (Å²) in [6, 6.07) is 2.89. The molecule has 0 aliphatic heterocycles. The van der Waals surface area contributed by atoms with Gasteiger partial charge in [-0.1, -0.05) is 11.6 Å². The van der Waals surface area contributed by atoms with Crippen LogP contribution < -0.4 is 11.3 Å². The van der Waals surface area contributed by atoms with Gasteiger partial charge in [0.05, 0.1) is 17.3 Å². The number of pyridine rings is 1. The molecule has 0 spiro atoms. The van der Waals surface area contributed by atoms with Crippen LogP contribution in [0.5, 0.6) is 0 Å². The number of nitrogens with one attached hydrogen (secondary N) is 1. The van der Waals surface area contributed by atoms with Crippen LogP contribution >= 0.6 is 22.9 Å². The van der Waals surface area contributed by atoms with E-state index in [4.69, 9.17) is 17.4 Å². The maximum absolute atomic E-state index is 13.6. The normalized spacial score (nSPS) is 12.7. The van der Waals surface area contributed by atoms with Crippen LogP contribution in [0.3, 0.4) is 0 Å². The predicted octanol–water partition coefficient (Wildman–Crippen LogP) is 2.49. The van der Waals surface area contributed by atoms with Crippen LogP contribution in [0.2, 0.25) is 5.02 Å². The molecule has 1 atom stereocenters. The van der Waals surface area contributed by atoms with Crippen molar-refractivity contribution in [3.8, 4) is 0 Å². The van der Waals surface area contributed by atoms with E-state index in [1.165, 1.54) is 17.5 Å². The van der Waals surface area contributed by atoms with Crippen LogP contribution in [0.4, 0.5) is 4.39 Å². The summed E-state index contributed by atoms with van der Waals surface area (Å²) >= 11 is 7.42. The van der Waals surface area contributed by atoms with Gasteiger partial charge in [0.15, 0.2) is 0 Å². The molecule has 16 heavy (non-hydrogen) atoms. The summed E-state index contributed by atoms with van der Waals surface area (Å²) in [6.45, 7) is 0. The molecule has 1 unspecified atom stereocenters. The number of aromatic nitrogens is 1. The standard InChI is InChI=1S/C10H9ClFN3S/c11-7-2-4-16-10(7)9(15-13)6-1-3-14-5-8(6)12/h1-5,9,15H,13H2. The second kappa shape index (κ2) is 4.88. The van der Waals surface area contributed by atoms with E-state index >= 15 is 0 Å². The van der Waals surface area contributed by atoms with Gasteiger partial charge in [-0.15, -0.1) is 11.3 Å². The van der Waals surface area contributed by atoms with Gasteiger partial charge in [0.2, 0.25) is 0 Å². The average molecular weight is 258 g/mol. The third-order valence-electron chi connectivity index (χ3n) is 2.19. The van der Waals surface area contributed by atoms with E-state index in [0.717, 1.165) is 11.1 Å². The zero-order valence-corrected chi connectivity index (χ0v) is 9.73. The summed E-state index contributed by atoms with van der Waals surface area (Å²) in [5, 5.41) is 2.41. The molecule has 3 N–H and O–H groups in total. The molecule has 6 heteroatoms. The summed E-state index contributed by atoms with van der Waals surface area (Å²) < 4.78 is 13.6. The Bertz CT molecular complexity index is 488. The molecule has 84 valence electrons. The first kappa shape index (κ1) is 11.5. The fraction of sp³-hybridized carbons (Fsp3) is 0.100. The number of hydrazine groups is 1. The summed E-state index contributed by atoms with van der Waals surface area (Å²) in [5.74, 6) is 5.04. The molecule has 2 rings (SSSR count). The Hall–Kier alpha value is -1.01. The zero-order valence-electron chi connectivity index (χ0n) is 8.15. The van der Waals surface area contributed by atoms with Gasteiger partial charge >= 0.3 is 0 Å². The molecule has 2 aromatic heterocycles. The third-order valence-corrected chi connectivity index (χ3v) is 3.61. The minimum absolute atomic E-state index is 0.407. The average Bonchev–Trinajstić information content (AvgIpc) is 2.69. The first-order chi connectivity index (χ1) is 7.74. The minimum Gasteiger partial charge on any atom is -0.271 e. The van der Waals surface area contributed by atoms with Crippen LogP contribution in [0.1, 0.15) is 16.5 Å². The highest BCUT2D eigenvalue weighted by atomic mass is 35.5. The number of rotatable bonds is 3. The van der Waals surface area contributed by atoms with E-state index in [-0.39, 0.29) is 0 Å². The highest BCUT2D eigenvalue weighted by Gasteiger charge is 2.20. The quantitative estimate of drug-likeness (QED) is 0.656. The maximum Gasteiger partial charge on any atom is 0.146 e. The second-order valence-corrected chi connectivity index (χ2v) is 4.48. The van der Waals surface area contributed by atoms with E-state index in [2.05, 4.69) is 10.4 Å². The molecule has 0 saturated heterocycles. The van der Waals surface area contributed by atoms with Crippen LogP contribution in [0.15, 0.2) is 29.9 Å². The van der Waals surface area contributed by atoms with E-state index in [1.807, 2.05) is 5.38 Å². The Labute approximate surface area is 101 Å². The maximum atomic E-state index is 13.6. The molecule has 3 nitrogen and oxygen atoms in total. The Morgan fingerprint density at radius 3 is 2.88 bits per heavy atom. The number of thiophene rings is 1. The number of hydrogen-bond donors (Lipinski definition) is 2. The van der Waals surface area contributed by atoms with Gasteiger partial charge in [0, 0.05) is 16.6 Å². The molecule has 0 aromatic carbocycles. The Balaban J connectivity index is 2.45. The molecule has 0 fully saturated rings. The van der Waals surface area contributed by atoms with Gasteiger partial charge in [-0.3, -0.25) is 10.8 Å². The summed E-state index contributed by atoms with van der Waals surface area (Å²) in [6.07, 6.45) is 2.67. The topological polar surface area (TPSA) is 50.9 Å². The third kappa shape index (κ3) is 2.08. The predicted molar refractivity (Wildman–Crippen MR) is 62.7 cm³/mol. The summed E-state index contributed by atoms with van der Waals surface area (Å²) in [5.41, 5.74) is 2.99. The zero-order chi connectivity index (χ0) is 11.5. The molecular formula is C10H9ClFN3S. The van der Waals surface area contributed by atoms with Crippen LogP contribution in [-0.2, 0) is 0 Å². The highest BCUT2D eigenvalue weighted by molar-refractivity contribution is 7.10. The van der Waals surface area contributed by atoms with Gasteiger partial charge in [0.1, 0.15) is 5.82 Å². The van der Waals surface area contributed by atoms with Crippen molar-refractivity contribution in [3.63, 3.8) is 0 Å². The summed E-state index contributed by atoms with van der Waals surface area (Å²) in [4.78, 5) is 4.48. The van der Waals surface area contributed by atoms with E-state index in [0.29, 0.717) is 10.6 Å². The van der Waals surface area contributed by atoms with Gasteiger partial charge in [-0.2, -0.15) is 0 Å². The molecule has 0 bridgehead atoms. The lowest BCUT2D eigenvalue weighted by atomic mass is 10.1. The second-order valence-electron chi connectivity index (χ2n) is 3.13. The number of nitrogens with two attached hydrogens (primary N) is 1. The van der Waals surface area contributed by atoms with E-state index in [9.17, 15) is 4.39 Å². The van der Waals surface area contributed by atoms with Gasteiger partial charge in [-0.25, -0.2) is 9.82 Å². The molecule has 2 heterocycles. The lowest BCUT2D eigenvalue weighted by molar-refractivity contribution is 0.559. The van der Waals surface area contributed by atoms with Crippen LogP contribution in [0, 0.1) is 5.82 Å². The van der Waals surface area contributed by atoms with Crippen LogP contribution in [-0.4, -0.2) is 4.98 Å². The van der Waals surface area contributed by atoms with Crippen molar-refractivity contribution in [3.05, 3.63) is 51.2 Å². The lowest BCUT2D eigenvalue weighted by Crippen LogP contribution is -2.29. The largest absolute Gasteiger partial charge is 0.271 e. The SMILES string of the molecule is NNC(c1ccncc1F)c1sccc1Cl. The van der Waals surface area contributed by atoms with E-state index < -0.39 is 11.9 Å². The monoisotopic (exact) mass is 257 g/mol. The molecular weight excluding hydrogens is 249 g/mol. The van der Waals surface area contributed by atoms with Gasteiger partial charge in [-0.05, 0) is 17.5 Å². The van der Waals surface area contributed by atoms with Crippen molar-refractivity contribution < 1.29 is 4.39 Å². The fourth-order valence-electron chi connectivity index (χ4n) is 1.44. The smallest absolute Gasteiger partial charge is 0.146 e. The van der Waals surface area contributed by atoms with Crippen molar-refractivity contribution in [2.45, 2.75) is 6.04 Å². The van der Waals surface area contributed by atoms with Crippen molar-refractivity contribution in [2.75, 3.05) is 0 Å². The highest BCUT2D eigenvalue weighted by Crippen LogP contribution is 2.33. The van der Waals surface area contributed by atoms with Crippen molar-refractivity contribution in [2.24, 2.45) is 5.84 Å². The Morgan fingerprint density at radius 2 is 2.31 bits per heavy atom. The number of hydrogen-bond acceptors (Lipinski definition) is 4. The molecule has 2 aromatic rings. The molecule has 0 aliphatic rings. The number of halogens is 2. The van der Waals surface area contributed by atoms with Crippen molar-refractivity contribution >= 4 is 22.9 Å². The van der Waals surface area contributed by atoms with Crippen LogP contribution in [0.25, 0.3) is 0 Å². The van der Waals surface area contributed by atoms with Crippen molar-refractivity contribution in [1.82, 2.24) is 10.4 Å². The number of nitrogens with zero attached hydrogens (tertiary/aromatic N) is 1. The van der Waals surface area contributed by atoms with E-state index in [1.54, 1.807) is 12.1 Å². The van der Waals surface area contributed by atoms with Gasteiger partial charge in [0.25, 0.3) is 0 Å². The Morgan fingerprint density at radius 1 is 1.50 bits per heavy atom. The summed E-state index contributed by atoms with van der Waals surface area (Å²) in [7, 11) is 0. The first-order valence-electron chi connectivity index (χ1n) is 4.52.